The molecule has 3 saturated heterocycles. The molecule has 5 aliphatic carbocycles. The fraction of sp³-hybridized carbons (Fsp3) is 0.695. The van der Waals surface area contributed by atoms with Gasteiger partial charge in [0.15, 0.2) is 19.7 Å². The number of nitrogens with one attached hydrogen (secondary N) is 11. The maximum absolute atomic E-state index is 14.3. The largest absolute Gasteiger partial charge is 0.444 e. The molecule has 2 aromatic carbocycles. The highest BCUT2D eigenvalue weighted by atomic mass is 32.2. The normalized spacial score (nSPS) is 22.6. The van der Waals surface area contributed by atoms with Crippen molar-refractivity contribution in [1.29, 1.82) is 0 Å². The van der Waals surface area contributed by atoms with E-state index >= 15 is 0 Å². The van der Waals surface area contributed by atoms with E-state index in [0.29, 0.717) is 44.5 Å². The van der Waals surface area contributed by atoms with Gasteiger partial charge in [-0.3, -0.25) is 62.3 Å². The molecule has 3 heterocycles. The molecule has 36 nitrogen and oxygen atoms in total. The van der Waals surface area contributed by atoms with Crippen LogP contribution in [0.15, 0.2) is 86.0 Å². The molecule has 0 aromatic heterocycles. The molecule has 0 bridgehead atoms. The summed E-state index contributed by atoms with van der Waals surface area (Å²) >= 11 is 0. The van der Waals surface area contributed by atoms with E-state index < -0.39 is 184 Å². The molecule has 8 fully saturated rings. The number of carbonyl (C=O) groups is 16. The van der Waals surface area contributed by atoms with Gasteiger partial charge in [-0.25, -0.2) is 31.2 Å². The number of likely N-dealkylation sites (tertiary alicyclic amines) is 3. The zero-order valence-corrected chi connectivity index (χ0v) is 89.8. The Morgan fingerprint density at radius 3 is 1.15 bits per heavy atom. The Morgan fingerprint density at radius 2 is 0.804 bits per heavy atom. The van der Waals surface area contributed by atoms with Gasteiger partial charge in [0, 0.05) is 44.8 Å². The fourth-order valence-corrected chi connectivity index (χ4v) is 22.9. The van der Waals surface area contributed by atoms with Crippen LogP contribution in [0.3, 0.4) is 0 Å². The topological polar surface area (TPSA) is 502 Å². The van der Waals surface area contributed by atoms with Crippen LogP contribution in [0.5, 0.6) is 0 Å². The van der Waals surface area contributed by atoms with Crippen LogP contribution in [0.2, 0.25) is 0 Å². The zero-order valence-electron chi connectivity index (χ0n) is 88.2. The molecule has 0 radical (unpaired) electrons. The lowest BCUT2D eigenvalue weighted by molar-refractivity contribution is -0.145. The Labute approximate surface area is 845 Å². The van der Waals surface area contributed by atoms with Gasteiger partial charge in [0.2, 0.25) is 58.7 Å². The number of sulfone groups is 2. The maximum atomic E-state index is 14.3. The maximum Gasteiger partial charge on any atom is 0.408 e. The summed E-state index contributed by atoms with van der Waals surface area (Å²) in [5, 5.41) is 29.4. The number of allylic oxidation sites excluding steroid dienone is 2. The standard InChI is InChI=1S/C37H54N4O8S.C34H52N6O6.C34H56N4O8S/c1-7-8-19-27(31(42)33(44)38-20-21-50(47,48)23-24-15-11-9-12-16-24)39-32(43)30-28-26(37(28,5)6)22-41(30)34(45)29(25-17-13-10-14-18-25)40-35(46)49-36(2,3)4;1-10-14-22(26(42)29(44)36-18-23(41)35-17-20-15-12-11-13-16-20)37-28(43)25-24-21(34(24,8)9)19-40(25)30(45)27(32(2,3)4)38-31(46)39-33(5,6)7;1-10-11-17-23(27(39)29(41)35-18-19-47(44,45)33(5,6)7)36-28(40)26-24-22(34(24,8)9)20-38(26)30(42)25(21-15-13-12-14-16-21)37-31(43)46-32(2,3)4/h7,9,11-12,15-16,25-30H,1,8,10,13-14,17-23H2,2-6H3,(H,38,44)(H,39,43)(H,40,46);11-13,15-16,21-22,24-25,27H,10,14,17-19H2,1-9H3,(H,35,41)(H,36,44)(H,37,43)(H2,38,39,46);10,21-26H,1,11-20H2,2-9H3,(H,35,41)(H,36,40)(H,37,43)/t26-,27?,28-,29-,30-;21-,22?,24-,25-,27+;22-,23?,24-,25-,26-/m000/s1. The predicted octanol–water partition coefficient (Wildman–Crippen LogP) is 9.26. The van der Waals surface area contributed by atoms with Crippen LogP contribution in [0, 0.1) is 69.0 Å². The number of piperidine rings is 3. The monoisotopic (exact) mass is 2040 g/mol. The minimum absolute atomic E-state index is 0.0548. The van der Waals surface area contributed by atoms with Gasteiger partial charge in [-0.15, -0.1) is 13.2 Å². The van der Waals surface area contributed by atoms with Crippen molar-refractivity contribution in [3.8, 4) is 0 Å². The van der Waals surface area contributed by atoms with Crippen LogP contribution in [0.1, 0.15) is 266 Å². The van der Waals surface area contributed by atoms with Crippen LogP contribution in [-0.4, -0.2) is 253 Å². The van der Waals surface area contributed by atoms with E-state index in [-0.39, 0.29) is 137 Å². The summed E-state index contributed by atoms with van der Waals surface area (Å²) in [5.74, 6) is -10.2. The first-order chi connectivity index (χ1) is 66.3. The number of fused-ring (bicyclic) bond motifs is 3. The third kappa shape index (κ3) is 32.2. The summed E-state index contributed by atoms with van der Waals surface area (Å²) in [6.45, 7) is 48.1. The lowest BCUT2D eigenvalue weighted by atomic mass is 9.83. The summed E-state index contributed by atoms with van der Waals surface area (Å²) < 4.78 is 60.1. The number of benzene rings is 2. The van der Waals surface area contributed by atoms with E-state index in [4.69, 9.17) is 9.47 Å². The molecular formula is C105H162N14O22S2. The predicted molar refractivity (Wildman–Crippen MR) is 542 cm³/mol. The highest BCUT2D eigenvalue weighted by Gasteiger charge is 2.73. The first kappa shape index (κ1) is 118. The molecule has 5 saturated carbocycles. The second-order valence-electron chi connectivity index (χ2n) is 46.6. The minimum Gasteiger partial charge on any atom is -0.444 e. The SMILES string of the molecule is C=CCCC(NC(=O)[C@@H]1[C@@H]2[C@H](CN1C(=O)[C@@H](NC(=O)OC(C)(C)C)C1CCCCC1)C2(C)C)C(=O)C(=O)NCCS(=O)(=O)C(C)(C)C.C=CCCC(NC(=O)[C@@H]1[C@@H]2[C@H](CN1C(=O)[C@@H](NC(=O)OC(C)(C)C)C1CCCCC1)C2(C)C)C(=O)C(=O)NCCS(=O)(=O)Cc1ccccc1.CCCC(NC(=O)[C@@H]1[C@@H]2[C@H](CN1C(=O)[C@@H](NC(=O)NC(C)(C)C)C(C)(C)C)C2(C)C)C(=O)C(=O)NCC(=O)NCc1ccccc1. The van der Waals surface area contributed by atoms with Crippen molar-refractivity contribution in [2.24, 2.45) is 69.0 Å². The van der Waals surface area contributed by atoms with Crippen LogP contribution in [-0.2, 0) is 104 Å². The van der Waals surface area contributed by atoms with E-state index in [9.17, 15) is 93.5 Å². The Kier molecular flexibility index (Phi) is 39.9. The van der Waals surface area contributed by atoms with E-state index in [1.54, 1.807) is 115 Å². The third-order valence-corrected chi connectivity index (χ3v) is 33.2. The molecule has 11 N–H and O–H groups in total. The lowest BCUT2D eigenvalue weighted by Gasteiger charge is -2.38. The van der Waals surface area contributed by atoms with E-state index in [0.717, 1.165) is 69.8 Å². The Bertz CT molecular complexity index is 5170. The number of hydrogen-bond donors (Lipinski definition) is 11. The molecule has 3 aliphatic heterocycles. The molecular weight excluding hydrogens is 1870 g/mol. The molecule has 0 spiro atoms. The van der Waals surface area contributed by atoms with Crippen molar-refractivity contribution >= 4 is 114 Å². The summed E-state index contributed by atoms with van der Waals surface area (Å²) in [4.78, 5) is 219. The molecule has 15 atom stereocenters. The highest BCUT2D eigenvalue weighted by molar-refractivity contribution is 7.92. The van der Waals surface area contributed by atoms with Crippen molar-refractivity contribution in [2.45, 2.75) is 343 Å². The van der Waals surface area contributed by atoms with E-state index in [2.05, 4.69) is 71.6 Å². The number of ketones is 3. The number of ether oxygens (including phenoxy) is 2. The average molecular weight is 2040 g/mol. The number of Topliss-reactive ketones (excluding diaryl/α,β-unsaturated/α-hetero) is 3. The number of amides is 14. The Balaban J connectivity index is 0.000000263. The number of alkyl carbamates (subject to hydrolysis) is 2. The van der Waals surface area contributed by atoms with Gasteiger partial charge in [0.25, 0.3) is 17.7 Å². The van der Waals surface area contributed by atoms with Crippen LogP contribution in [0.25, 0.3) is 0 Å². The summed E-state index contributed by atoms with van der Waals surface area (Å²) in [7, 11) is -7.08. The third-order valence-electron chi connectivity index (χ3n) is 29.0. The second kappa shape index (κ2) is 48.6. The highest BCUT2D eigenvalue weighted by Crippen LogP contribution is 2.67. The van der Waals surface area contributed by atoms with Gasteiger partial charge in [-0.1, -0.05) is 187 Å². The van der Waals surface area contributed by atoms with Gasteiger partial charge in [0.1, 0.15) is 47.5 Å². The number of rotatable bonds is 40. The van der Waals surface area contributed by atoms with Gasteiger partial charge < -0.3 is 82.7 Å². The van der Waals surface area contributed by atoms with Crippen molar-refractivity contribution in [3.63, 3.8) is 0 Å². The molecule has 2 aromatic rings. The van der Waals surface area contributed by atoms with Crippen molar-refractivity contribution in [2.75, 3.05) is 50.8 Å². The van der Waals surface area contributed by atoms with Gasteiger partial charge in [-0.05, 0) is 221 Å². The summed E-state index contributed by atoms with van der Waals surface area (Å²) in [6.07, 6.45) is 12.2. The van der Waals surface area contributed by atoms with E-state index in [1.165, 1.54) is 4.90 Å². The Morgan fingerprint density at radius 1 is 0.448 bits per heavy atom. The zero-order chi connectivity index (χ0) is 107. The molecule has 10 rings (SSSR count). The minimum atomic E-state index is -3.56. The second-order valence-corrected chi connectivity index (χ2v) is 51.7. The number of nitrogens with zero attached hydrogens (tertiary/aromatic N) is 3. The van der Waals surface area contributed by atoms with Crippen molar-refractivity contribution in [1.82, 2.24) is 73.2 Å². The van der Waals surface area contributed by atoms with Crippen LogP contribution in [0.4, 0.5) is 14.4 Å². The quantitative estimate of drug-likeness (QED) is 0.0218. The van der Waals surface area contributed by atoms with Crippen LogP contribution < -0.4 is 58.5 Å². The molecule has 8 aliphatic rings. The number of urea groups is 1. The molecule has 3 unspecified atom stereocenters. The molecule has 796 valence electrons. The first-order valence-corrected chi connectivity index (χ1v) is 54.2. The van der Waals surface area contributed by atoms with Crippen molar-refractivity contribution < 1.29 is 103 Å². The van der Waals surface area contributed by atoms with E-state index in [1.807, 2.05) is 120 Å². The smallest absolute Gasteiger partial charge is 0.408 e. The van der Waals surface area contributed by atoms with Gasteiger partial charge in [-0.2, -0.15) is 0 Å². The fourth-order valence-electron chi connectivity index (χ4n) is 20.7. The summed E-state index contributed by atoms with van der Waals surface area (Å²) in [6, 6.07) is 8.58. The van der Waals surface area contributed by atoms with Crippen LogP contribution >= 0.6 is 0 Å². The van der Waals surface area contributed by atoms with Crippen molar-refractivity contribution in [3.05, 3.63) is 97.1 Å². The number of hydrogen-bond acceptors (Lipinski definition) is 22. The summed E-state index contributed by atoms with van der Waals surface area (Å²) in [5.41, 5.74) is -1.82. The van der Waals surface area contributed by atoms with Gasteiger partial charge >= 0.3 is 18.2 Å². The molecule has 143 heavy (non-hydrogen) atoms. The average Bonchev–Trinajstić information content (AvgIpc) is 1.54. The van der Waals surface area contributed by atoms with Gasteiger partial charge in [0.05, 0.1) is 46.7 Å². The lowest BCUT2D eigenvalue weighted by Crippen LogP contribution is -2.62. The number of carbonyl (C=O) groups excluding carboxylic acids is 16. The molecule has 38 heteroatoms. The molecule has 14 amide bonds. The Hall–Kier alpha value is -10.7. The first-order valence-electron chi connectivity index (χ1n) is 50.7.